The highest BCUT2D eigenvalue weighted by Crippen LogP contribution is 2.11. The van der Waals surface area contributed by atoms with Crippen molar-refractivity contribution in [1.29, 1.82) is 0 Å². The highest BCUT2D eigenvalue weighted by molar-refractivity contribution is 14.0. The number of carbonyl (C=O) groups excluding carboxylic acids is 1. The van der Waals surface area contributed by atoms with Gasteiger partial charge in [-0.2, -0.15) is 0 Å². The molecule has 6 nitrogen and oxygen atoms in total. The molecule has 1 amide bonds. The van der Waals surface area contributed by atoms with Crippen LogP contribution in [-0.4, -0.2) is 67.5 Å². The summed E-state index contributed by atoms with van der Waals surface area (Å²) in [5, 5.41) is 6.81. The first-order chi connectivity index (χ1) is 13.2. The number of aliphatic imine (C=N–C) groups is 1. The molecule has 1 unspecified atom stereocenters. The molecule has 0 saturated carbocycles. The van der Waals surface area contributed by atoms with Gasteiger partial charge in [-0.1, -0.05) is 30.3 Å². The molecule has 1 aromatic rings. The minimum absolute atomic E-state index is 0. The van der Waals surface area contributed by atoms with Crippen LogP contribution >= 0.6 is 24.0 Å². The fourth-order valence-corrected chi connectivity index (χ4v) is 3.05. The van der Waals surface area contributed by atoms with Gasteiger partial charge >= 0.3 is 0 Å². The average Bonchev–Trinajstić information content (AvgIpc) is 2.65. The van der Waals surface area contributed by atoms with E-state index in [1.54, 1.807) is 19.0 Å². The van der Waals surface area contributed by atoms with E-state index in [1.165, 1.54) is 5.56 Å². The molecule has 1 rings (SSSR count). The summed E-state index contributed by atoms with van der Waals surface area (Å²) in [5.41, 5.74) is 1.18. The van der Waals surface area contributed by atoms with Gasteiger partial charge in [0.25, 0.3) is 0 Å². The third-order valence-corrected chi connectivity index (χ3v) is 4.74. The zero-order valence-electron chi connectivity index (χ0n) is 19.1. The number of hydrogen-bond acceptors (Lipinski definition) is 3. The quantitative estimate of drug-likeness (QED) is 0.216. The van der Waals surface area contributed by atoms with Crippen molar-refractivity contribution in [2.45, 2.75) is 59.2 Å². The maximum atomic E-state index is 11.9. The molecule has 0 aliphatic carbocycles. The number of guanidine groups is 1. The highest BCUT2D eigenvalue weighted by atomic mass is 127. The van der Waals surface area contributed by atoms with Gasteiger partial charge in [-0.05, 0) is 46.6 Å². The SMILES string of the molecule is CC(NC(=NCC(=O)N(C)C)NCCCN(C(C)C)C(C)C)c1ccccc1.I. The monoisotopic (exact) mass is 517 g/mol. The van der Waals surface area contributed by atoms with Crippen molar-refractivity contribution in [2.75, 3.05) is 33.7 Å². The number of rotatable bonds is 10. The number of amides is 1. The number of benzene rings is 1. The zero-order valence-corrected chi connectivity index (χ0v) is 21.4. The van der Waals surface area contributed by atoms with Crippen LogP contribution in [0, 0.1) is 0 Å². The number of nitrogens with zero attached hydrogens (tertiary/aromatic N) is 3. The summed E-state index contributed by atoms with van der Waals surface area (Å²) in [4.78, 5) is 20.5. The first-order valence-electron chi connectivity index (χ1n) is 10.3. The van der Waals surface area contributed by atoms with E-state index >= 15 is 0 Å². The Morgan fingerprint density at radius 2 is 1.62 bits per heavy atom. The van der Waals surface area contributed by atoms with Crippen LogP contribution in [0.1, 0.15) is 52.6 Å². The lowest BCUT2D eigenvalue weighted by Crippen LogP contribution is -2.42. The van der Waals surface area contributed by atoms with Gasteiger partial charge in [0.1, 0.15) is 6.54 Å². The van der Waals surface area contributed by atoms with Crippen molar-refractivity contribution in [3.05, 3.63) is 35.9 Å². The summed E-state index contributed by atoms with van der Waals surface area (Å²) in [6, 6.07) is 11.4. The van der Waals surface area contributed by atoms with Crippen LogP contribution in [-0.2, 0) is 4.79 Å². The number of likely N-dealkylation sites (N-methyl/N-ethyl adjacent to an activating group) is 1. The Bertz CT molecular complexity index is 596. The van der Waals surface area contributed by atoms with Crippen LogP contribution in [0.5, 0.6) is 0 Å². The summed E-state index contributed by atoms with van der Waals surface area (Å²) in [5.74, 6) is 0.659. The van der Waals surface area contributed by atoms with E-state index in [-0.39, 0.29) is 42.5 Å². The Hall–Kier alpha value is -1.35. The fourth-order valence-electron chi connectivity index (χ4n) is 3.05. The van der Waals surface area contributed by atoms with Crippen molar-refractivity contribution in [1.82, 2.24) is 20.4 Å². The molecule has 1 aromatic carbocycles. The molecule has 0 bridgehead atoms. The molecule has 29 heavy (non-hydrogen) atoms. The molecule has 0 fully saturated rings. The van der Waals surface area contributed by atoms with Crippen molar-refractivity contribution in [2.24, 2.45) is 4.99 Å². The van der Waals surface area contributed by atoms with E-state index in [0.717, 1.165) is 19.5 Å². The molecule has 0 aliphatic heterocycles. The summed E-state index contributed by atoms with van der Waals surface area (Å²) >= 11 is 0. The van der Waals surface area contributed by atoms with Crippen LogP contribution in [0.15, 0.2) is 35.3 Å². The van der Waals surface area contributed by atoms with Crippen molar-refractivity contribution >= 4 is 35.8 Å². The smallest absolute Gasteiger partial charge is 0.243 e. The summed E-state index contributed by atoms with van der Waals surface area (Å²) in [7, 11) is 3.49. The lowest BCUT2D eigenvalue weighted by molar-refractivity contribution is -0.127. The van der Waals surface area contributed by atoms with Crippen molar-refractivity contribution in [3.63, 3.8) is 0 Å². The molecule has 7 heteroatoms. The van der Waals surface area contributed by atoms with Gasteiger partial charge in [0, 0.05) is 39.3 Å². The molecule has 0 aromatic heterocycles. The van der Waals surface area contributed by atoms with Gasteiger partial charge in [-0.3, -0.25) is 9.69 Å². The van der Waals surface area contributed by atoms with Crippen LogP contribution < -0.4 is 10.6 Å². The number of nitrogens with one attached hydrogen (secondary N) is 2. The number of halogens is 1. The van der Waals surface area contributed by atoms with Crippen molar-refractivity contribution in [3.8, 4) is 0 Å². The van der Waals surface area contributed by atoms with E-state index in [0.29, 0.717) is 18.0 Å². The number of carbonyl (C=O) groups is 1. The van der Waals surface area contributed by atoms with Gasteiger partial charge in [-0.25, -0.2) is 4.99 Å². The largest absolute Gasteiger partial charge is 0.356 e. The highest BCUT2D eigenvalue weighted by Gasteiger charge is 2.13. The van der Waals surface area contributed by atoms with E-state index in [1.807, 2.05) is 18.2 Å². The van der Waals surface area contributed by atoms with E-state index < -0.39 is 0 Å². The second-order valence-electron chi connectivity index (χ2n) is 7.94. The van der Waals surface area contributed by atoms with E-state index in [9.17, 15) is 4.79 Å². The predicted molar refractivity (Wildman–Crippen MR) is 134 cm³/mol. The molecule has 1 atom stereocenters. The molecule has 2 N–H and O–H groups in total. The fraction of sp³-hybridized carbons (Fsp3) is 0.636. The second-order valence-corrected chi connectivity index (χ2v) is 7.94. The average molecular weight is 518 g/mol. The summed E-state index contributed by atoms with van der Waals surface area (Å²) in [6.07, 6.45) is 1.01. The number of hydrogen-bond donors (Lipinski definition) is 2. The third kappa shape index (κ3) is 10.8. The molecule has 0 aliphatic rings. The lowest BCUT2D eigenvalue weighted by atomic mass is 10.1. The molecule has 0 saturated heterocycles. The molecular formula is C22H40IN5O. The second kappa shape index (κ2) is 14.6. The molecule has 166 valence electrons. The van der Waals surface area contributed by atoms with Crippen LogP contribution in [0.3, 0.4) is 0 Å². The first kappa shape index (κ1) is 27.6. The third-order valence-electron chi connectivity index (χ3n) is 4.74. The van der Waals surface area contributed by atoms with Crippen LogP contribution in [0.25, 0.3) is 0 Å². The Labute approximate surface area is 194 Å². The van der Waals surface area contributed by atoms with Gasteiger partial charge in [0.05, 0.1) is 6.04 Å². The van der Waals surface area contributed by atoms with E-state index in [2.05, 4.69) is 67.3 Å². The summed E-state index contributed by atoms with van der Waals surface area (Å²) < 4.78 is 0. The summed E-state index contributed by atoms with van der Waals surface area (Å²) in [6.45, 7) is 13.0. The first-order valence-corrected chi connectivity index (χ1v) is 10.3. The maximum Gasteiger partial charge on any atom is 0.243 e. The van der Waals surface area contributed by atoms with E-state index in [4.69, 9.17) is 0 Å². The van der Waals surface area contributed by atoms with Crippen LogP contribution in [0.2, 0.25) is 0 Å². The minimum Gasteiger partial charge on any atom is -0.356 e. The van der Waals surface area contributed by atoms with Gasteiger partial charge in [0.2, 0.25) is 5.91 Å². The van der Waals surface area contributed by atoms with Crippen molar-refractivity contribution < 1.29 is 4.79 Å². The van der Waals surface area contributed by atoms with Gasteiger partial charge in [0.15, 0.2) is 5.96 Å². The molecule has 0 radical (unpaired) electrons. The lowest BCUT2D eigenvalue weighted by Gasteiger charge is -2.30. The predicted octanol–water partition coefficient (Wildman–Crippen LogP) is 3.50. The maximum absolute atomic E-state index is 11.9. The molecule has 0 spiro atoms. The Balaban J connectivity index is 0.00000784. The minimum atomic E-state index is -0.0146. The van der Waals surface area contributed by atoms with Gasteiger partial charge in [-0.15, -0.1) is 24.0 Å². The Morgan fingerprint density at radius 1 is 1.03 bits per heavy atom. The van der Waals surface area contributed by atoms with Gasteiger partial charge < -0.3 is 15.5 Å². The topological polar surface area (TPSA) is 60.0 Å². The molecule has 0 heterocycles. The Morgan fingerprint density at radius 3 is 2.14 bits per heavy atom. The zero-order chi connectivity index (χ0) is 21.1. The standard InChI is InChI=1S/C22H39N5O.HI/c1-17(2)27(18(3)4)15-11-14-23-22(24-16-21(28)26(6)7)25-19(5)20-12-9-8-10-13-20;/h8-10,12-13,17-19H,11,14-16H2,1-7H3,(H2,23,24,25);1H. The normalized spacial score (nSPS) is 12.7. The van der Waals surface area contributed by atoms with Crippen LogP contribution in [0.4, 0.5) is 0 Å². The Kier molecular flexibility index (Phi) is 13.9. The molecular weight excluding hydrogens is 477 g/mol.